The van der Waals surface area contributed by atoms with E-state index in [9.17, 15) is 10.1 Å². The predicted octanol–water partition coefficient (Wildman–Crippen LogP) is 2.92. The molecule has 16 heavy (non-hydrogen) atoms. The number of benzene rings is 1. The highest BCUT2D eigenvalue weighted by Crippen LogP contribution is 2.23. The Balaban J connectivity index is 2.54. The predicted molar refractivity (Wildman–Crippen MR) is 61.4 cm³/mol. The Hall–Kier alpha value is -1.91. The van der Waals surface area contributed by atoms with Crippen molar-refractivity contribution in [1.82, 2.24) is 9.78 Å². The van der Waals surface area contributed by atoms with Crippen LogP contribution < -0.4 is 0 Å². The number of fused-ring (bicyclic) bond motifs is 1. The molecule has 0 bridgehead atoms. The summed E-state index contributed by atoms with van der Waals surface area (Å²) in [5, 5.41) is 15.7. The van der Waals surface area contributed by atoms with E-state index in [0.29, 0.717) is 6.04 Å². The Morgan fingerprint density at radius 2 is 2.31 bits per heavy atom. The van der Waals surface area contributed by atoms with Gasteiger partial charge < -0.3 is 0 Å². The summed E-state index contributed by atoms with van der Waals surface area (Å²) in [4.78, 5) is 10.2. The molecule has 1 heterocycles. The summed E-state index contributed by atoms with van der Waals surface area (Å²) in [6, 6.07) is 5.13. The Kier molecular flexibility index (Phi) is 2.60. The van der Waals surface area contributed by atoms with Gasteiger partial charge in [-0.15, -0.1) is 0 Å². The van der Waals surface area contributed by atoms with Crippen LogP contribution in [0.4, 0.5) is 5.69 Å². The molecule has 1 unspecified atom stereocenters. The number of hydrogen-bond donors (Lipinski definition) is 0. The van der Waals surface area contributed by atoms with Gasteiger partial charge in [-0.3, -0.25) is 14.8 Å². The van der Waals surface area contributed by atoms with Gasteiger partial charge in [-0.05, 0) is 19.4 Å². The minimum Gasteiger partial charge on any atom is -0.262 e. The fourth-order valence-electron chi connectivity index (χ4n) is 1.68. The summed E-state index contributed by atoms with van der Waals surface area (Å²) < 4.78 is 1.90. The molecule has 0 aliphatic carbocycles. The highest BCUT2D eigenvalue weighted by atomic mass is 16.6. The summed E-state index contributed by atoms with van der Waals surface area (Å²) in [6.45, 7) is 4.16. The number of hydrogen-bond acceptors (Lipinski definition) is 3. The Bertz CT molecular complexity index is 533. The SMILES string of the molecule is CCC(C)n1ncc2cc([N+](=O)[O-])ccc21. The van der Waals surface area contributed by atoms with Crippen molar-refractivity contribution in [3.8, 4) is 0 Å². The minimum atomic E-state index is -0.389. The van der Waals surface area contributed by atoms with E-state index in [1.165, 1.54) is 6.07 Å². The summed E-state index contributed by atoms with van der Waals surface area (Å²) >= 11 is 0. The molecule has 0 aliphatic heterocycles. The average Bonchev–Trinajstić information content (AvgIpc) is 2.70. The number of non-ortho nitro benzene ring substituents is 1. The van der Waals surface area contributed by atoms with Gasteiger partial charge >= 0.3 is 0 Å². The molecule has 5 heteroatoms. The molecule has 0 radical (unpaired) electrons. The van der Waals surface area contributed by atoms with Crippen molar-refractivity contribution in [2.75, 3.05) is 0 Å². The van der Waals surface area contributed by atoms with Gasteiger partial charge in [0.25, 0.3) is 5.69 Å². The molecule has 0 fully saturated rings. The van der Waals surface area contributed by atoms with Crippen molar-refractivity contribution in [1.29, 1.82) is 0 Å². The topological polar surface area (TPSA) is 61.0 Å². The van der Waals surface area contributed by atoms with Gasteiger partial charge in [0, 0.05) is 23.6 Å². The second kappa shape index (κ2) is 3.92. The molecule has 0 spiro atoms. The van der Waals surface area contributed by atoms with Gasteiger partial charge in [-0.1, -0.05) is 6.92 Å². The number of nitro groups is 1. The summed E-state index contributed by atoms with van der Waals surface area (Å²) in [6.07, 6.45) is 2.66. The summed E-state index contributed by atoms with van der Waals surface area (Å²) in [5.74, 6) is 0. The maximum atomic E-state index is 10.6. The lowest BCUT2D eigenvalue weighted by Crippen LogP contribution is -2.04. The van der Waals surface area contributed by atoms with E-state index in [2.05, 4.69) is 18.9 Å². The molecule has 2 aromatic rings. The Morgan fingerprint density at radius 3 is 2.94 bits per heavy atom. The van der Waals surface area contributed by atoms with Crippen molar-refractivity contribution in [3.63, 3.8) is 0 Å². The first-order valence-corrected chi connectivity index (χ1v) is 5.25. The quantitative estimate of drug-likeness (QED) is 0.589. The third-order valence-corrected chi connectivity index (χ3v) is 2.80. The number of nitrogens with zero attached hydrogens (tertiary/aromatic N) is 3. The van der Waals surface area contributed by atoms with Gasteiger partial charge in [-0.25, -0.2) is 0 Å². The zero-order valence-electron chi connectivity index (χ0n) is 9.25. The Labute approximate surface area is 92.8 Å². The van der Waals surface area contributed by atoms with Crippen LogP contribution in [-0.4, -0.2) is 14.7 Å². The molecular formula is C11H13N3O2. The maximum Gasteiger partial charge on any atom is 0.270 e. The largest absolute Gasteiger partial charge is 0.270 e. The molecular weight excluding hydrogens is 206 g/mol. The molecule has 1 atom stereocenters. The van der Waals surface area contributed by atoms with E-state index in [1.54, 1.807) is 18.3 Å². The van der Waals surface area contributed by atoms with E-state index < -0.39 is 0 Å². The van der Waals surface area contributed by atoms with Crippen LogP contribution in [0.3, 0.4) is 0 Å². The van der Waals surface area contributed by atoms with Crippen LogP contribution in [0.25, 0.3) is 10.9 Å². The Morgan fingerprint density at radius 1 is 1.56 bits per heavy atom. The van der Waals surface area contributed by atoms with E-state index >= 15 is 0 Å². The van der Waals surface area contributed by atoms with E-state index in [0.717, 1.165) is 17.3 Å². The first kappa shape index (κ1) is 10.6. The molecule has 5 nitrogen and oxygen atoms in total. The molecule has 0 saturated heterocycles. The van der Waals surface area contributed by atoms with Crippen molar-refractivity contribution < 1.29 is 4.92 Å². The van der Waals surface area contributed by atoms with Crippen molar-refractivity contribution >= 4 is 16.6 Å². The van der Waals surface area contributed by atoms with Gasteiger partial charge in [-0.2, -0.15) is 5.10 Å². The van der Waals surface area contributed by atoms with E-state index in [-0.39, 0.29) is 10.6 Å². The van der Waals surface area contributed by atoms with Gasteiger partial charge in [0.1, 0.15) is 0 Å². The van der Waals surface area contributed by atoms with Crippen LogP contribution in [0.15, 0.2) is 24.4 Å². The highest BCUT2D eigenvalue weighted by Gasteiger charge is 2.11. The van der Waals surface area contributed by atoms with Gasteiger partial charge in [0.15, 0.2) is 0 Å². The molecule has 84 valence electrons. The molecule has 1 aromatic heterocycles. The second-order valence-electron chi connectivity index (χ2n) is 3.85. The van der Waals surface area contributed by atoms with Crippen molar-refractivity contribution in [2.45, 2.75) is 26.3 Å². The van der Waals surface area contributed by atoms with Gasteiger partial charge in [0.2, 0.25) is 0 Å². The third kappa shape index (κ3) is 1.64. The molecule has 0 N–H and O–H groups in total. The zero-order valence-corrected chi connectivity index (χ0v) is 9.25. The van der Waals surface area contributed by atoms with E-state index in [4.69, 9.17) is 0 Å². The van der Waals surface area contributed by atoms with Crippen LogP contribution >= 0.6 is 0 Å². The number of nitro benzene ring substituents is 1. The fraction of sp³-hybridized carbons (Fsp3) is 0.364. The molecule has 2 rings (SSSR count). The lowest BCUT2D eigenvalue weighted by molar-refractivity contribution is -0.384. The molecule has 0 amide bonds. The standard InChI is InChI=1S/C11H13N3O2/c1-3-8(2)13-11-5-4-10(14(15)16)6-9(11)7-12-13/h4-8H,3H2,1-2H3. The first-order valence-electron chi connectivity index (χ1n) is 5.25. The van der Waals surface area contributed by atoms with Gasteiger partial charge in [0.05, 0.1) is 16.6 Å². The summed E-state index contributed by atoms with van der Waals surface area (Å²) in [7, 11) is 0. The van der Waals surface area contributed by atoms with E-state index in [1.807, 2.05) is 4.68 Å². The smallest absolute Gasteiger partial charge is 0.262 e. The first-order chi connectivity index (χ1) is 7.63. The van der Waals surface area contributed by atoms with Crippen LogP contribution in [0.1, 0.15) is 26.3 Å². The third-order valence-electron chi connectivity index (χ3n) is 2.80. The van der Waals surface area contributed by atoms with Crippen molar-refractivity contribution in [3.05, 3.63) is 34.5 Å². The van der Waals surface area contributed by atoms with Crippen LogP contribution in [0.5, 0.6) is 0 Å². The second-order valence-corrected chi connectivity index (χ2v) is 3.85. The maximum absolute atomic E-state index is 10.6. The molecule has 0 saturated carbocycles. The number of rotatable bonds is 3. The fourth-order valence-corrected chi connectivity index (χ4v) is 1.68. The highest BCUT2D eigenvalue weighted by molar-refractivity contribution is 5.81. The van der Waals surface area contributed by atoms with Crippen molar-refractivity contribution in [2.24, 2.45) is 0 Å². The van der Waals surface area contributed by atoms with Crippen LogP contribution in [0.2, 0.25) is 0 Å². The van der Waals surface area contributed by atoms with Crippen LogP contribution in [-0.2, 0) is 0 Å². The van der Waals surface area contributed by atoms with Crippen LogP contribution in [0, 0.1) is 10.1 Å². The molecule has 1 aromatic carbocycles. The lowest BCUT2D eigenvalue weighted by atomic mass is 10.2. The monoisotopic (exact) mass is 219 g/mol. The molecule has 0 aliphatic rings. The summed E-state index contributed by atoms with van der Waals surface area (Å²) in [5.41, 5.74) is 1.05. The lowest BCUT2D eigenvalue weighted by Gasteiger charge is -2.10. The normalized spacial score (nSPS) is 12.9. The average molecular weight is 219 g/mol. The minimum absolute atomic E-state index is 0.108. The zero-order chi connectivity index (χ0) is 11.7. The number of aromatic nitrogens is 2.